The molecule has 0 aromatic heterocycles. The van der Waals surface area contributed by atoms with Crippen molar-refractivity contribution in [2.24, 2.45) is 0 Å². The zero-order valence-electron chi connectivity index (χ0n) is 11.0. The summed E-state index contributed by atoms with van der Waals surface area (Å²) in [5.41, 5.74) is 6.12. The van der Waals surface area contributed by atoms with Gasteiger partial charge in [-0.05, 0) is 18.6 Å². The monoisotopic (exact) mass is 284 g/mol. The second-order valence-electron chi connectivity index (χ2n) is 4.23. The molecule has 0 aliphatic carbocycles. The third kappa shape index (κ3) is 4.44. The molecular formula is C13H17ClN2O3. The maximum absolute atomic E-state index is 11.8. The standard InChI is InChI=1S/C13H17ClN2O3/c1-16(2)11(17)7-4-8-19-13(18)12-9(14)5-3-6-10(12)15/h3,5-6H,4,7-8,15H2,1-2H3. The average Bonchev–Trinajstić information content (AvgIpc) is 2.34. The quantitative estimate of drug-likeness (QED) is 0.509. The van der Waals surface area contributed by atoms with Crippen molar-refractivity contribution in [3.63, 3.8) is 0 Å². The third-order valence-electron chi connectivity index (χ3n) is 2.52. The molecule has 0 heterocycles. The molecule has 0 aliphatic heterocycles. The van der Waals surface area contributed by atoms with E-state index in [0.29, 0.717) is 12.8 Å². The number of hydrogen-bond donors (Lipinski definition) is 1. The van der Waals surface area contributed by atoms with E-state index in [1.807, 2.05) is 0 Å². The average molecular weight is 285 g/mol. The van der Waals surface area contributed by atoms with Crippen LogP contribution in [-0.2, 0) is 9.53 Å². The zero-order chi connectivity index (χ0) is 14.4. The molecule has 0 saturated carbocycles. The summed E-state index contributed by atoms with van der Waals surface area (Å²) >= 11 is 5.89. The van der Waals surface area contributed by atoms with Gasteiger partial charge < -0.3 is 15.4 Å². The Kier molecular flexibility index (Phi) is 5.63. The first-order valence-electron chi connectivity index (χ1n) is 5.84. The Bertz CT molecular complexity index is 455. The Morgan fingerprint density at radius 3 is 2.63 bits per heavy atom. The van der Waals surface area contributed by atoms with E-state index in [4.69, 9.17) is 22.1 Å². The number of ether oxygens (including phenoxy) is 1. The van der Waals surface area contributed by atoms with Gasteiger partial charge in [0.2, 0.25) is 5.91 Å². The molecule has 0 fully saturated rings. The largest absolute Gasteiger partial charge is 0.462 e. The maximum Gasteiger partial charge on any atom is 0.341 e. The number of halogens is 1. The van der Waals surface area contributed by atoms with Gasteiger partial charge in [-0.3, -0.25) is 4.79 Å². The molecule has 1 aromatic rings. The first kappa shape index (κ1) is 15.3. The molecule has 0 bridgehead atoms. The van der Waals surface area contributed by atoms with E-state index in [-0.39, 0.29) is 28.8 Å². The number of hydrogen-bond acceptors (Lipinski definition) is 4. The van der Waals surface area contributed by atoms with Crippen molar-refractivity contribution in [1.82, 2.24) is 4.90 Å². The Morgan fingerprint density at radius 2 is 2.05 bits per heavy atom. The van der Waals surface area contributed by atoms with Crippen LogP contribution in [0.3, 0.4) is 0 Å². The van der Waals surface area contributed by atoms with Gasteiger partial charge in [-0.15, -0.1) is 0 Å². The number of benzene rings is 1. The summed E-state index contributed by atoms with van der Waals surface area (Å²) < 4.78 is 5.05. The van der Waals surface area contributed by atoms with Crippen molar-refractivity contribution in [2.75, 3.05) is 26.4 Å². The molecule has 6 heteroatoms. The molecule has 1 rings (SSSR count). The number of nitrogen functional groups attached to an aromatic ring is 1. The fraction of sp³-hybridized carbons (Fsp3) is 0.385. The molecule has 19 heavy (non-hydrogen) atoms. The van der Waals surface area contributed by atoms with Crippen molar-refractivity contribution in [3.8, 4) is 0 Å². The number of carbonyl (C=O) groups is 2. The highest BCUT2D eigenvalue weighted by Crippen LogP contribution is 2.22. The number of esters is 1. The van der Waals surface area contributed by atoms with E-state index < -0.39 is 5.97 Å². The van der Waals surface area contributed by atoms with E-state index in [2.05, 4.69) is 0 Å². The van der Waals surface area contributed by atoms with Gasteiger partial charge in [0.25, 0.3) is 0 Å². The van der Waals surface area contributed by atoms with Gasteiger partial charge in [-0.25, -0.2) is 4.79 Å². The molecule has 0 saturated heterocycles. The first-order chi connectivity index (χ1) is 8.93. The smallest absolute Gasteiger partial charge is 0.341 e. The summed E-state index contributed by atoms with van der Waals surface area (Å²) in [7, 11) is 3.36. The van der Waals surface area contributed by atoms with E-state index in [1.54, 1.807) is 32.3 Å². The van der Waals surface area contributed by atoms with Crippen LogP contribution in [-0.4, -0.2) is 37.5 Å². The highest BCUT2D eigenvalue weighted by atomic mass is 35.5. The first-order valence-corrected chi connectivity index (χ1v) is 6.22. The Balaban J connectivity index is 2.46. The van der Waals surface area contributed by atoms with Crippen molar-refractivity contribution in [1.29, 1.82) is 0 Å². The van der Waals surface area contributed by atoms with Gasteiger partial charge in [0, 0.05) is 26.2 Å². The fourth-order valence-electron chi connectivity index (χ4n) is 1.44. The molecule has 0 aliphatic rings. The predicted molar refractivity (Wildman–Crippen MR) is 74.1 cm³/mol. The van der Waals surface area contributed by atoms with Crippen LogP contribution in [0.25, 0.3) is 0 Å². The van der Waals surface area contributed by atoms with Crippen molar-refractivity contribution in [2.45, 2.75) is 12.8 Å². The van der Waals surface area contributed by atoms with Gasteiger partial charge in [0.15, 0.2) is 0 Å². The molecule has 2 N–H and O–H groups in total. The van der Waals surface area contributed by atoms with Gasteiger partial charge in [0.1, 0.15) is 5.56 Å². The van der Waals surface area contributed by atoms with Crippen LogP contribution in [0.15, 0.2) is 18.2 Å². The van der Waals surface area contributed by atoms with Crippen molar-refractivity contribution >= 4 is 29.2 Å². The molecule has 0 radical (unpaired) electrons. The number of rotatable bonds is 5. The number of anilines is 1. The Morgan fingerprint density at radius 1 is 1.37 bits per heavy atom. The van der Waals surface area contributed by atoms with Crippen LogP contribution in [0, 0.1) is 0 Å². The second kappa shape index (κ2) is 6.99. The molecular weight excluding hydrogens is 268 g/mol. The van der Waals surface area contributed by atoms with Gasteiger partial charge in [-0.2, -0.15) is 0 Å². The summed E-state index contributed by atoms with van der Waals surface area (Å²) in [4.78, 5) is 24.6. The number of carbonyl (C=O) groups excluding carboxylic acids is 2. The molecule has 0 spiro atoms. The molecule has 0 unspecified atom stereocenters. The van der Waals surface area contributed by atoms with Gasteiger partial charge >= 0.3 is 5.97 Å². The van der Waals surface area contributed by atoms with Gasteiger partial charge in [0.05, 0.1) is 11.6 Å². The predicted octanol–water partition coefficient (Wildman–Crippen LogP) is 1.95. The molecule has 104 valence electrons. The lowest BCUT2D eigenvalue weighted by atomic mass is 10.2. The highest BCUT2D eigenvalue weighted by Gasteiger charge is 2.15. The Hall–Kier alpha value is -1.75. The van der Waals surface area contributed by atoms with Crippen molar-refractivity contribution < 1.29 is 14.3 Å². The van der Waals surface area contributed by atoms with E-state index in [1.165, 1.54) is 4.90 Å². The lowest BCUT2D eigenvalue weighted by molar-refractivity contribution is -0.128. The van der Waals surface area contributed by atoms with Crippen LogP contribution in [0.2, 0.25) is 5.02 Å². The van der Waals surface area contributed by atoms with E-state index in [0.717, 1.165) is 0 Å². The van der Waals surface area contributed by atoms with Gasteiger partial charge in [-0.1, -0.05) is 17.7 Å². The minimum absolute atomic E-state index is 0.00620. The minimum atomic E-state index is -0.569. The summed E-state index contributed by atoms with van der Waals surface area (Å²) in [5.74, 6) is -0.575. The summed E-state index contributed by atoms with van der Waals surface area (Å²) in [6.45, 7) is 0.156. The molecule has 5 nitrogen and oxygen atoms in total. The lowest BCUT2D eigenvalue weighted by Crippen LogP contribution is -2.21. The molecule has 1 aromatic carbocycles. The number of nitrogens with two attached hydrogens (primary N) is 1. The second-order valence-corrected chi connectivity index (χ2v) is 4.64. The topological polar surface area (TPSA) is 72.6 Å². The third-order valence-corrected chi connectivity index (χ3v) is 2.83. The van der Waals surface area contributed by atoms with Crippen LogP contribution >= 0.6 is 11.6 Å². The normalized spacial score (nSPS) is 10.1. The minimum Gasteiger partial charge on any atom is -0.462 e. The lowest BCUT2D eigenvalue weighted by Gasteiger charge is -2.11. The van der Waals surface area contributed by atoms with Crippen LogP contribution in [0.4, 0.5) is 5.69 Å². The van der Waals surface area contributed by atoms with E-state index in [9.17, 15) is 9.59 Å². The Labute approximate surface area is 117 Å². The SMILES string of the molecule is CN(C)C(=O)CCCOC(=O)c1c(N)cccc1Cl. The summed E-state index contributed by atoms with van der Waals surface area (Å²) in [6, 6.07) is 4.81. The number of nitrogens with zero attached hydrogens (tertiary/aromatic N) is 1. The summed E-state index contributed by atoms with van der Waals surface area (Å²) in [6.07, 6.45) is 0.797. The van der Waals surface area contributed by atoms with Crippen LogP contribution < -0.4 is 5.73 Å². The number of amides is 1. The summed E-state index contributed by atoms with van der Waals surface area (Å²) in [5, 5.41) is 0.259. The maximum atomic E-state index is 11.8. The van der Waals surface area contributed by atoms with E-state index >= 15 is 0 Å². The molecule has 1 amide bonds. The van der Waals surface area contributed by atoms with Crippen LogP contribution in [0.1, 0.15) is 23.2 Å². The molecule has 0 atom stereocenters. The highest BCUT2D eigenvalue weighted by molar-refractivity contribution is 6.34. The fourth-order valence-corrected chi connectivity index (χ4v) is 1.70. The van der Waals surface area contributed by atoms with Crippen molar-refractivity contribution in [3.05, 3.63) is 28.8 Å². The van der Waals surface area contributed by atoms with Crippen LogP contribution in [0.5, 0.6) is 0 Å². The zero-order valence-corrected chi connectivity index (χ0v) is 11.7.